The number of pyridine rings is 1. The smallest absolute Gasteiger partial charge is 0.192 e. The highest BCUT2D eigenvalue weighted by Crippen LogP contribution is 2.15. The van der Waals surface area contributed by atoms with E-state index in [1.165, 1.54) is 0 Å². The average molecular weight is 315 g/mol. The Morgan fingerprint density at radius 2 is 1.85 bits per heavy atom. The van der Waals surface area contributed by atoms with Gasteiger partial charge in [-0.3, -0.25) is 4.79 Å². The van der Waals surface area contributed by atoms with E-state index in [0.717, 1.165) is 54.6 Å². The number of aromatic amines is 1. The molecule has 20 heavy (non-hydrogen) atoms. The van der Waals surface area contributed by atoms with Crippen LogP contribution in [0.25, 0.3) is 10.9 Å². The minimum atomic E-state index is 0. The number of nitrogens with one attached hydrogen (secondary N) is 1. The standard InChI is InChI=1S/C15H18N2O.2ClH/c1-2-17-9-7-12-14(8-10-17)16-13-6-4-3-5-11(13)15(12)18;;/h3-6H,2,7-10H2,1H3,(H,16,18);2*1H. The zero-order valence-electron chi connectivity index (χ0n) is 11.5. The van der Waals surface area contributed by atoms with Gasteiger partial charge in [0.2, 0.25) is 0 Å². The van der Waals surface area contributed by atoms with Crippen LogP contribution >= 0.6 is 24.8 Å². The number of hydrogen-bond acceptors (Lipinski definition) is 2. The van der Waals surface area contributed by atoms with Crippen LogP contribution in [-0.4, -0.2) is 29.5 Å². The molecule has 0 spiro atoms. The predicted octanol–water partition coefficient (Wildman–Crippen LogP) is 2.79. The lowest BCUT2D eigenvalue weighted by atomic mass is 10.0. The van der Waals surface area contributed by atoms with Crippen LogP contribution < -0.4 is 5.43 Å². The third-order valence-corrected chi connectivity index (χ3v) is 3.90. The van der Waals surface area contributed by atoms with E-state index in [9.17, 15) is 4.79 Å². The number of hydrogen-bond donors (Lipinski definition) is 1. The van der Waals surface area contributed by atoms with Crippen LogP contribution in [0.3, 0.4) is 0 Å². The van der Waals surface area contributed by atoms with E-state index in [1.54, 1.807) is 0 Å². The first kappa shape index (κ1) is 17.0. The Labute approximate surface area is 131 Å². The van der Waals surface area contributed by atoms with Gasteiger partial charge < -0.3 is 9.88 Å². The summed E-state index contributed by atoms with van der Waals surface area (Å²) >= 11 is 0. The van der Waals surface area contributed by atoms with Gasteiger partial charge in [0.15, 0.2) is 5.43 Å². The molecule has 5 heteroatoms. The Morgan fingerprint density at radius 1 is 1.15 bits per heavy atom. The second kappa shape index (κ2) is 7.11. The normalized spacial score (nSPS) is 14.8. The van der Waals surface area contributed by atoms with Crippen molar-refractivity contribution in [1.29, 1.82) is 0 Å². The molecule has 2 aromatic rings. The molecule has 0 amide bonds. The molecule has 1 aromatic heterocycles. The first-order valence-corrected chi connectivity index (χ1v) is 6.64. The first-order chi connectivity index (χ1) is 8.79. The summed E-state index contributed by atoms with van der Waals surface area (Å²) in [5, 5.41) is 0.821. The van der Waals surface area contributed by atoms with Gasteiger partial charge in [0.1, 0.15) is 0 Å². The molecular weight excluding hydrogens is 295 g/mol. The molecule has 0 aliphatic carbocycles. The zero-order chi connectivity index (χ0) is 12.5. The Hall–Kier alpha value is -1.03. The SMILES string of the molecule is CCN1CCc2[nH]c3ccccc3c(=O)c2CC1.Cl.Cl. The second-order valence-electron chi connectivity index (χ2n) is 4.89. The highest BCUT2D eigenvalue weighted by molar-refractivity contribution is 5.85. The van der Waals surface area contributed by atoms with Gasteiger partial charge in [0, 0.05) is 41.7 Å². The minimum absolute atomic E-state index is 0. The van der Waals surface area contributed by atoms with Crippen molar-refractivity contribution >= 4 is 35.7 Å². The minimum Gasteiger partial charge on any atom is -0.358 e. The van der Waals surface area contributed by atoms with Crippen LogP contribution in [-0.2, 0) is 12.8 Å². The van der Waals surface area contributed by atoms with Crippen molar-refractivity contribution in [3.8, 4) is 0 Å². The third kappa shape index (κ3) is 3.00. The molecular formula is C15H20Cl2N2O. The monoisotopic (exact) mass is 314 g/mol. The Kier molecular flexibility index (Phi) is 6.06. The molecule has 0 atom stereocenters. The summed E-state index contributed by atoms with van der Waals surface area (Å²) in [4.78, 5) is 18.3. The van der Waals surface area contributed by atoms with Gasteiger partial charge in [-0.2, -0.15) is 0 Å². The van der Waals surface area contributed by atoms with Crippen molar-refractivity contribution in [3.63, 3.8) is 0 Å². The molecule has 0 radical (unpaired) electrons. The van der Waals surface area contributed by atoms with Gasteiger partial charge in [-0.05, 0) is 25.1 Å². The number of H-pyrrole nitrogens is 1. The fourth-order valence-corrected chi connectivity index (χ4v) is 2.77. The zero-order valence-corrected chi connectivity index (χ0v) is 13.1. The highest BCUT2D eigenvalue weighted by Gasteiger charge is 2.17. The molecule has 0 unspecified atom stereocenters. The van der Waals surface area contributed by atoms with Crippen LogP contribution in [0.5, 0.6) is 0 Å². The predicted molar refractivity (Wildman–Crippen MR) is 88.6 cm³/mol. The molecule has 0 saturated carbocycles. The quantitative estimate of drug-likeness (QED) is 0.878. The van der Waals surface area contributed by atoms with Crippen LogP contribution in [0.15, 0.2) is 29.1 Å². The molecule has 3 rings (SSSR count). The maximum Gasteiger partial charge on any atom is 0.192 e. The topological polar surface area (TPSA) is 36.1 Å². The first-order valence-electron chi connectivity index (χ1n) is 6.64. The van der Waals surface area contributed by atoms with E-state index in [2.05, 4.69) is 16.8 Å². The molecule has 0 saturated heterocycles. The van der Waals surface area contributed by atoms with Gasteiger partial charge in [0.25, 0.3) is 0 Å². The van der Waals surface area contributed by atoms with E-state index in [-0.39, 0.29) is 30.2 Å². The Bertz CT molecular complexity index is 639. The van der Waals surface area contributed by atoms with Gasteiger partial charge >= 0.3 is 0 Å². The van der Waals surface area contributed by atoms with Gasteiger partial charge in [0.05, 0.1) is 0 Å². The van der Waals surface area contributed by atoms with Crippen molar-refractivity contribution in [2.24, 2.45) is 0 Å². The van der Waals surface area contributed by atoms with Gasteiger partial charge in [-0.15, -0.1) is 24.8 Å². The van der Waals surface area contributed by atoms with E-state index < -0.39 is 0 Å². The summed E-state index contributed by atoms with van der Waals surface area (Å²) in [7, 11) is 0. The molecule has 1 aromatic carbocycles. The maximum absolute atomic E-state index is 12.5. The van der Waals surface area contributed by atoms with Crippen LogP contribution in [0, 0.1) is 0 Å². The Morgan fingerprint density at radius 3 is 2.60 bits per heavy atom. The fraction of sp³-hybridized carbons (Fsp3) is 0.400. The van der Waals surface area contributed by atoms with Gasteiger partial charge in [-0.1, -0.05) is 19.1 Å². The van der Waals surface area contributed by atoms with Crippen LogP contribution in [0.2, 0.25) is 0 Å². The molecule has 0 fully saturated rings. The summed E-state index contributed by atoms with van der Waals surface area (Å²) < 4.78 is 0. The third-order valence-electron chi connectivity index (χ3n) is 3.90. The van der Waals surface area contributed by atoms with E-state index in [0.29, 0.717) is 0 Å². The number of halogens is 2. The van der Waals surface area contributed by atoms with E-state index >= 15 is 0 Å². The number of rotatable bonds is 1. The summed E-state index contributed by atoms with van der Waals surface area (Å²) in [6.45, 7) is 5.26. The molecule has 2 heterocycles. The lowest BCUT2D eigenvalue weighted by Crippen LogP contribution is -2.26. The largest absolute Gasteiger partial charge is 0.358 e. The molecule has 1 aliphatic heterocycles. The lowest BCUT2D eigenvalue weighted by molar-refractivity contribution is 0.303. The van der Waals surface area contributed by atoms with Crippen molar-refractivity contribution in [3.05, 3.63) is 45.7 Å². The van der Waals surface area contributed by atoms with Crippen molar-refractivity contribution in [2.75, 3.05) is 19.6 Å². The number of nitrogens with zero attached hydrogens (tertiary/aromatic N) is 1. The second-order valence-corrected chi connectivity index (χ2v) is 4.89. The lowest BCUT2D eigenvalue weighted by Gasteiger charge is -2.15. The maximum atomic E-state index is 12.5. The van der Waals surface area contributed by atoms with Gasteiger partial charge in [-0.25, -0.2) is 0 Å². The van der Waals surface area contributed by atoms with E-state index in [1.807, 2.05) is 24.3 Å². The van der Waals surface area contributed by atoms with Crippen molar-refractivity contribution < 1.29 is 0 Å². The molecule has 0 bridgehead atoms. The number of para-hydroxylation sites is 1. The number of fused-ring (bicyclic) bond motifs is 2. The summed E-state index contributed by atoms with van der Waals surface area (Å²) in [5.74, 6) is 0. The number of benzene rings is 1. The molecule has 3 nitrogen and oxygen atoms in total. The van der Waals surface area contributed by atoms with E-state index in [4.69, 9.17) is 0 Å². The molecule has 1 N–H and O–H groups in total. The van der Waals surface area contributed by atoms with Crippen LogP contribution in [0.1, 0.15) is 18.2 Å². The number of aromatic nitrogens is 1. The molecule has 110 valence electrons. The fourth-order valence-electron chi connectivity index (χ4n) is 2.77. The Balaban J connectivity index is 0.000001000. The van der Waals surface area contributed by atoms with Crippen molar-refractivity contribution in [2.45, 2.75) is 19.8 Å². The van der Waals surface area contributed by atoms with Crippen molar-refractivity contribution in [1.82, 2.24) is 9.88 Å². The molecule has 1 aliphatic rings. The summed E-state index contributed by atoms with van der Waals surface area (Å²) in [5.41, 5.74) is 3.31. The average Bonchev–Trinajstić information content (AvgIpc) is 2.61. The summed E-state index contributed by atoms with van der Waals surface area (Å²) in [6, 6.07) is 7.80. The highest BCUT2D eigenvalue weighted by atomic mass is 35.5. The van der Waals surface area contributed by atoms with Crippen LogP contribution in [0.4, 0.5) is 0 Å². The number of likely N-dealkylation sites (N-methyl/N-ethyl adjacent to an activating group) is 1. The summed E-state index contributed by atoms with van der Waals surface area (Å²) in [6.07, 6.45) is 1.81.